The molecule has 0 radical (unpaired) electrons. The number of nitrogens with one attached hydrogen (secondary N) is 1. The molecule has 0 aromatic carbocycles. The summed E-state index contributed by atoms with van der Waals surface area (Å²) in [5, 5.41) is 11.8. The second-order valence-electron chi connectivity index (χ2n) is 4.36. The summed E-state index contributed by atoms with van der Waals surface area (Å²) in [6, 6.07) is 1.20. The third-order valence-corrected chi connectivity index (χ3v) is 2.94. The normalized spacial score (nSPS) is 11.9. The molecular formula is C13H17ClN2O3. The van der Waals surface area contributed by atoms with Gasteiger partial charge in [-0.1, -0.05) is 24.9 Å². The van der Waals surface area contributed by atoms with Crippen LogP contribution in [0.4, 0.5) is 0 Å². The van der Waals surface area contributed by atoms with Crippen molar-refractivity contribution >= 4 is 23.5 Å². The number of halogens is 1. The van der Waals surface area contributed by atoms with Gasteiger partial charge in [-0.15, -0.1) is 0 Å². The van der Waals surface area contributed by atoms with Crippen LogP contribution in [0, 0.1) is 6.92 Å². The van der Waals surface area contributed by atoms with Crippen LogP contribution in [0.15, 0.2) is 12.3 Å². The average Bonchev–Trinajstić information content (AvgIpc) is 2.27. The number of rotatable bonds is 6. The van der Waals surface area contributed by atoms with Crippen molar-refractivity contribution in [3.8, 4) is 0 Å². The van der Waals surface area contributed by atoms with Gasteiger partial charge in [0.2, 0.25) is 0 Å². The first-order chi connectivity index (χ1) is 8.93. The first-order valence-electron chi connectivity index (χ1n) is 6.08. The van der Waals surface area contributed by atoms with Crippen LogP contribution < -0.4 is 5.32 Å². The highest BCUT2D eigenvalue weighted by Gasteiger charge is 2.18. The summed E-state index contributed by atoms with van der Waals surface area (Å²) in [5.41, 5.74) is 0.982. The maximum Gasteiger partial charge on any atom is 0.305 e. The fourth-order valence-electron chi connectivity index (χ4n) is 1.74. The molecule has 1 unspecified atom stereocenters. The van der Waals surface area contributed by atoms with E-state index in [2.05, 4.69) is 10.3 Å². The van der Waals surface area contributed by atoms with Crippen LogP contribution in [0.25, 0.3) is 0 Å². The molecule has 1 heterocycles. The number of aromatic nitrogens is 1. The summed E-state index contributed by atoms with van der Waals surface area (Å²) in [4.78, 5) is 26.8. The molecule has 1 rings (SSSR count). The van der Waals surface area contributed by atoms with Crippen molar-refractivity contribution < 1.29 is 14.7 Å². The van der Waals surface area contributed by atoms with E-state index >= 15 is 0 Å². The molecule has 0 saturated heterocycles. The zero-order chi connectivity index (χ0) is 14.4. The zero-order valence-electron chi connectivity index (χ0n) is 10.9. The van der Waals surface area contributed by atoms with E-state index in [9.17, 15) is 9.59 Å². The lowest BCUT2D eigenvalue weighted by Gasteiger charge is -2.16. The Kier molecular flexibility index (Phi) is 5.76. The largest absolute Gasteiger partial charge is 0.481 e. The molecule has 0 aliphatic heterocycles. The van der Waals surface area contributed by atoms with Gasteiger partial charge in [0, 0.05) is 17.9 Å². The van der Waals surface area contributed by atoms with E-state index in [0.29, 0.717) is 11.4 Å². The number of carboxylic acids is 1. The molecule has 1 amide bonds. The number of carboxylic acid groups (broad SMARTS) is 1. The second-order valence-corrected chi connectivity index (χ2v) is 4.77. The Morgan fingerprint density at radius 1 is 1.53 bits per heavy atom. The molecular weight excluding hydrogens is 268 g/mol. The van der Waals surface area contributed by atoms with Crippen LogP contribution in [0.1, 0.15) is 42.2 Å². The lowest BCUT2D eigenvalue weighted by molar-refractivity contribution is -0.137. The van der Waals surface area contributed by atoms with Gasteiger partial charge in [0.15, 0.2) is 0 Å². The van der Waals surface area contributed by atoms with Crippen LogP contribution >= 0.6 is 11.6 Å². The first-order valence-corrected chi connectivity index (χ1v) is 6.46. The fraction of sp³-hybridized carbons (Fsp3) is 0.462. The van der Waals surface area contributed by atoms with E-state index in [4.69, 9.17) is 16.7 Å². The van der Waals surface area contributed by atoms with E-state index in [1.165, 1.54) is 6.20 Å². The van der Waals surface area contributed by atoms with Gasteiger partial charge < -0.3 is 10.4 Å². The van der Waals surface area contributed by atoms with Gasteiger partial charge in [0.25, 0.3) is 5.91 Å². The molecule has 0 aliphatic rings. The molecule has 0 bridgehead atoms. The molecule has 19 heavy (non-hydrogen) atoms. The predicted octanol–water partition coefficient (Wildman–Crippen LogP) is 2.42. The number of nitrogens with zero attached hydrogens (tertiary/aromatic N) is 1. The number of amides is 1. The van der Waals surface area contributed by atoms with E-state index < -0.39 is 17.9 Å². The number of carbonyl (C=O) groups excluding carboxylic acids is 1. The Labute approximate surface area is 117 Å². The zero-order valence-corrected chi connectivity index (χ0v) is 11.7. The van der Waals surface area contributed by atoms with Crippen LogP contribution in [0.5, 0.6) is 0 Å². The smallest absolute Gasteiger partial charge is 0.305 e. The van der Waals surface area contributed by atoms with Crippen molar-refractivity contribution in [2.24, 2.45) is 0 Å². The van der Waals surface area contributed by atoms with Crippen molar-refractivity contribution in [3.63, 3.8) is 0 Å². The molecule has 0 fully saturated rings. The number of pyridine rings is 1. The van der Waals surface area contributed by atoms with Crippen LogP contribution in [-0.2, 0) is 4.79 Å². The van der Waals surface area contributed by atoms with Crippen molar-refractivity contribution in [1.82, 2.24) is 10.3 Å². The molecule has 2 N–H and O–H groups in total. The Morgan fingerprint density at radius 3 is 2.74 bits per heavy atom. The van der Waals surface area contributed by atoms with Gasteiger partial charge in [-0.2, -0.15) is 0 Å². The predicted molar refractivity (Wildman–Crippen MR) is 72.4 cm³/mol. The first kappa shape index (κ1) is 15.4. The monoisotopic (exact) mass is 284 g/mol. The van der Waals surface area contributed by atoms with Gasteiger partial charge in [0.05, 0.1) is 17.0 Å². The summed E-state index contributed by atoms with van der Waals surface area (Å²) in [6.45, 7) is 3.71. The third kappa shape index (κ3) is 4.87. The fourth-order valence-corrected chi connectivity index (χ4v) is 2.03. The highest BCUT2D eigenvalue weighted by molar-refractivity contribution is 6.33. The minimum absolute atomic E-state index is 0.101. The highest BCUT2D eigenvalue weighted by atomic mass is 35.5. The van der Waals surface area contributed by atoms with E-state index in [1.807, 2.05) is 6.92 Å². The number of hydrogen-bond donors (Lipinski definition) is 2. The van der Waals surface area contributed by atoms with Gasteiger partial charge >= 0.3 is 5.97 Å². The molecule has 1 aromatic rings. The standard InChI is InChI=1S/C13H17ClN2O3/c1-3-4-9(6-12(17)18)16-13(19)10-7-15-8(2)5-11(10)14/h5,7,9H,3-4,6H2,1-2H3,(H,16,19)(H,17,18). The summed E-state index contributed by atoms with van der Waals surface area (Å²) >= 11 is 5.97. The van der Waals surface area contributed by atoms with Crippen molar-refractivity contribution in [2.45, 2.75) is 39.2 Å². The van der Waals surface area contributed by atoms with E-state index in [-0.39, 0.29) is 12.0 Å². The molecule has 6 heteroatoms. The second kappa shape index (κ2) is 7.09. The Bertz CT molecular complexity index is 477. The van der Waals surface area contributed by atoms with Gasteiger partial charge in [-0.3, -0.25) is 14.6 Å². The Balaban J connectivity index is 2.78. The van der Waals surface area contributed by atoms with Gasteiger partial charge in [-0.25, -0.2) is 0 Å². The number of carbonyl (C=O) groups is 2. The highest BCUT2D eigenvalue weighted by Crippen LogP contribution is 2.16. The van der Waals surface area contributed by atoms with Gasteiger partial charge in [0.1, 0.15) is 0 Å². The number of aryl methyl sites for hydroxylation is 1. The topological polar surface area (TPSA) is 79.3 Å². The van der Waals surface area contributed by atoms with Crippen molar-refractivity contribution in [2.75, 3.05) is 0 Å². The number of hydrogen-bond acceptors (Lipinski definition) is 3. The molecule has 5 nitrogen and oxygen atoms in total. The van der Waals surface area contributed by atoms with Gasteiger partial charge in [-0.05, 0) is 19.4 Å². The minimum Gasteiger partial charge on any atom is -0.481 e. The maximum absolute atomic E-state index is 12.0. The number of aliphatic carboxylic acids is 1. The van der Waals surface area contributed by atoms with Crippen LogP contribution in [0.3, 0.4) is 0 Å². The van der Waals surface area contributed by atoms with E-state index in [1.54, 1.807) is 13.0 Å². The summed E-state index contributed by atoms with van der Waals surface area (Å²) < 4.78 is 0. The third-order valence-electron chi connectivity index (χ3n) is 2.63. The van der Waals surface area contributed by atoms with E-state index in [0.717, 1.165) is 12.1 Å². The quantitative estimate of drug-likeness (QED) is 0.841. The lowest BCUT2D eigenvalue weighted by atomic mass is 10.1. The average molecular weight is 285 g/mol. The SMILES string of the molecule is CCCC(CC(=O)O)NC(=O)c1cnc(C)cc1Cl. The molecule has 1 atom stereocenters. The van der Waals surface area contributed by atoms with Crippen LogP contribution in [0.2, 0.25) is 5.02 Å². The summed E-state index contributed by atoms with van der Waals surface area (Å²) in [6.07, 6.45) is 2.69. The van der Waals surface area contributed by atoms with Crippen molar-refractivity contribution in [1.29, 1.82) is 0 Å². The maximum atomic E-state index is 12.0. The minimum atomic E-state index is -0.938. The van der Waals surface area contributed by atoms with Crippen LogP contribution in [-0.4, -0.2) is 28.0 Å². The molecule has 0 spiro atoms. The summed E-state index contributed by atoms with van der Waals surface area (Å²) in [5.74, 6) is -1.33. The summed E-state index contributed by atoms with van der Waals surface area (Å²) in [7, 11) is 0. The Hall–Kier alpha value is -1.62. The molecule has 0 aliphatic carbocycles. The molecule has 104 valence electrons. The lowest BCUT2D eigenvalue weighted by Crippen LogP contribution is -2.36. The van der Waals surface area contributed by atoms with Crippen molar-refractivity contribution in [3.05, 3.63) is 28.5 Å². The molecule has 1 aromatic heterocycles. The Morgan fingerprint density at radius 2 is 2.21 bits per heavy atom. The molecule has 0 saturated carbocycles.